The fraction of sp³-hybridized carbons (Fsp3) is 0.462. The van der Waals surface area contributed by atoms with E-state index in [0.29, 0.717) is 0 Å². The van der Waals surface area contributed by atoms with Gasteiger partial charge in [-0.2, -0.15) is 0 Å². The second-order valence-electron chi connectivity index (χ2n) is 4.98. The molecule has 1 rings (SSSR count). The minimum absolute atomic E-state index is 0.107. The van der Waals surface area contributed by atoms with Crippen LogP contribution in [-0.2, 0) is 6.42 Å². The molecule has 0 radical (unpaired) electrons. The zero-order valence-electron chi connectivity index (χ0n) is 10.5. The predicted molar refractivity (Wildman–Crippen MR) is 69.4 cm³/mol. The van der Waals surface area contributed by atoms with Gasteiger partial charge in [-0.05, 0) is 38.8 Å². The van der Waals surface area contributed by atoms with Crippen molar-refractivity contribution in [2.45, 2.75) is 39.7 Å². The lowest BCUT2D eigenvalue weighted by atomic mass is 10.0. The van der Waals surface area contributed by atoms with E-state index in [4.69, 9.17) is 5.84 Å². The summed E-state index contributed by atoms with van der Waals surface area (Å²) in [6.07, 6.45) is 0.750. The van der Waals surface area contributed by atoms with Crippen molar-refractivity contribution < 1.29 is 0 Å². The van der Waals surface area contributed by atoms with E-state index < -0.39 is 0 Å². The summed E-state index contributed by atoms with van der Waals surface area (Å²) in [6.45, 7) is 8.27. The van der Waals surface area contributed by atoms with Crippen molar-refractivity contribution in [1.82, 2.24) is 5.43 Å². The molecule has 0 bridgehead atoms. The number of nitrogens with one attached hydrogen (secondary N) is 1. The molecule has 1 aromatic rings. The second-order valence-corrected chi connectivity index (χ2v) is 4.98. The Bertz CT molecular complexity index is 375. The fourth-order valence-corrected chi connectivity index (χ4v) is 1.52. The Morgan fingerprint density at radius 1 is 1.31 bits per heavy atom. The summed E-state index contributed by atoms with van der Waals surface area (Å²) >= 11 is 0. The first-order chi connectivity index (χ1) is 7.42. The Kier molecular flexibility index (Phi) is 4.07. The molecular weight excluding hydrogens is 198 g/mol. The third-order valence-electron chi connectivity index (χ3n) is 2.26. The first kappa shape index (κ1) is 12.7. The van der Waals surface area contributed by atoms with Crippen LogP contribution in [0.25, 0.3) is 0 Å². The molecule has 0 heterocycles. The Morgan fingerprint density at radius 2 is 1.94 bits per heavy atom. The van der Waals surface area contributed by atoms with Gasteiger partial charge in [-0.1, -0.05) is 24.3 Å². The van der Waals surface area contributed by atoms with Gasteiger partial charge >= 0.3 is 0 Å². The van der Waals surface area contributed by atoms with Crippen LogP contribution in [0.5, 0.6) is 0 Å². The van der Waals surface area contributed by atoms with E-state index in [0.717, 1.165) is 12.3 Å². The number of hydrogen-bond donors (Lipinski definition) is 2. The van der Waals surface area contributed by atoms with Crippen LogP contribution in [0, 0.1) is 6.92 Å². The monoisotopic (exact) mass is 219 g/mol. The van der Waals surface area contributed by atoms with E-state index in [-0.39, 0.29) is 5.54 Å². The molecule has 0 saturated heterocycles. The Balaban J connectivity index is 2.87. The highest BCUT2D eigenvalue weighted by atomic mass is 15.3. The molecule has 0 aliphatic carbocycles. The molecule has 0 atom stereocenters. The van der Waals surface area contributed by atoms with E-state index in [9.17, 15) is 0 Å². The highest BCUT2D eigenvalue weighted by Gasteiger charge is 2.10. The Morgan fingerprint density at radius 3 is 2.44 bits per heavy atom. The van der Waals surface area contributed by atoms with Crippen molar-refractivity contribution in [3.8, 4) is 0 Å². The number of nitrogens with zero attached hydrogens (tertiary/aromatic N) is 1. The van der Waals surface area contributed by atoms with Gasteiger partial charge in [0.1, 0.15) is 5.84 Å². The largest absolute Gasteiger partial charge is 0.312 e. The molecule has 0 saturated carbocycles. The summed E-state index contributed by atoms with van der Waals surface area (Å²) in [5.41, 5.74) is 5.09. The molecule has 0 aliphatic rings. The number of amidine groups is 1. The first-order valence-corrected chi connectivity index (χ1v) is 5.52. The van der Waals surface area contributed by atoms with Crippen LogP contribution >= 0.6 is 0 Å². The van der Waals surface area contributed by atoms with Gasteiger partial charge in [-0.15, -0.1) is 0 Å². The molecule has 3 nitrogen and oxygen atoms in total. The van der Waals surface area contributed by atoms with Gasteiger partial charge in [0.2, 0.25) is 0 Å². The maximum atomic E-state index is 5.50. The quantitative estimate of drug-likeness (QED) is 0.347. The van der Waals surface area contributed by atoms with E-state index in [2.05, 4.69) is 50.2 Å². The van der Waals surface area contributed by atoms with Gasteiger partial charge in [-0.25, -0.2) is 5.84 Å². The first-order valence-electron chi connectivity index (χ1n) is 5.52. The van der Waals surface area contributed by atoms with Crippen LogP contribution < -0.4 is 11.3 Å². The maximum absolute atomic E-state index is 5.50. The second kappa shape index (κ2) is 5.12. The van der Waals surface area contributed by atoms with Crippen molar-refractivity contribution in [3.63, 3.8) is 0 Å². The Hall–Kier alpha value is -1.35. The summed E-state index contributed by atoms with van der Waals surface area (Å²) in [5.74, 6) is 6.32. The van der Waals surface area contributed by atoms with Gasteiger partial charge in [0, 0.05) is 6.42 Å². The number of aryl methyl sites for hydroxylation is 1. The van der Waals surface area contributed by atoms with Crippen LogP contribution in [0.2, 0.25) is 0 Å². The van der Waals surface area contributed by atoms with Crippen LogP contribution in [0.1, 0.15) is 31.9 Å². The predicted octanol–water partition coefficient (Wildman–Crippen LogP) is 2.20. The number of hydrogen-bond acceptors (Lipinski definition) is 2. The zero-order chi connectivity index (χ0) is 12.2. The molecule has 3 heteroatoms. The van der Waals surface area contributed by atoms with Crippen molar-refractivity contribution in [1.29, 1.82) is 0 Å². The highest BCUT2D eigenvalue weighted by molar-refractivity contribution is 5.84. The standard InChI is InChI=1S/C13H21N3/c1-10-7-5-6-8-11(10)9-12(16-14)15-13(2,3)4/h5-8H,9,14H2,1-4H3,(H,15,16). The molecule has 0 aromatic heterocycles. The van der Waals surface area contributed by atoms with E-state index in [1.807, 2.05) is 12.1 Å². The van der Waals surface area contributed by atoms with E-state index in [1.165, 1.54) is 11.1 Å². The van der Waals surface area contributed by atoms with Gasteiger partial charge in [0.05, 0.1) is 5.54 Å². The summed E-state index contributed by atoms with van der Waals surface area (Å²) < 4.78 is 0. The molecule has 0 spiro atoms. The lowest BCUT2D eigenvalue weighted by Crippen LogP contribution is -2.34. The third-order valence-corrected chi connectivity index (χ3v) is 2.26. The lowest BCUT2D eigenvalue weighted by Gasteiger charge is -2.16. The van der Waals surface area contributed by atoms with Crippen molar-refractivity contribution >= 4 is 5.84 Å². The third kappa shape index (κ3) is 4.03. The van der Waals surface area contributed by atoms with Crippen molar-refractivity contribution in [2.24, 2.45) is 10.8 Å². The smallest absolute Gasteiger partial charge is 0.115 e. The SMILES string of the molecule is Cc1ccccc1CC(=NC(C)(C)C)NN. The molecule has 16 heavy (non-hydrogen) atoms. The number of aliphatic imine (C=N–C) groups is 1. The number of nitrogens with two attached hydrogens (primary N) is 1. The minimum atomic E-state index is -0.107. The van der Waals surface area contributed by atoms with Crippen molar-refractivity contribution in [2.75, 3.05) is 0 Å². The van der Waals surface area contributed by atoms with Crippen LogP contribution in [0.15, 0.2) is 29.3 Å². The fourth-order valence-electron chi connectivity index (χ4n) is 1.52. The van der Waals surface area contributed by atoms with Gasteiger partial charge in [-0.3, -0.25) is 4.99 Å². The number of rotatable bonds is 2. The van der Waals surface area contributed by atoms with Crippen LogP contribution in [0.3, 0.4) is 0 Å². The molecule has 1 aromatic carbocycles. The lowest BCUT2D eigenvalue weighted by molar-refractivity contribution is 0.578. The summed E-state index contributed by atoms with van der Waals surface area (Å²) in [7, 11) is 0. The topological polar surface area (TPSA) is 50.4 Å². The molecule has 0 fully saturated rings. The molecule has 3 N–H and O–H groups in total. The molecule has 0 amide bonds. The zero-order valence-corrected chi connectivity index (χ0v) is 10.5. The summed E-state index contributed by atoms with van der Waals surface area (Å²) in [4.78, 5) is 4.54. The molecule has 88 valence electrons. The normalized spacial score (nSPS) is 12.7. The summed E-state index contributed by atoms with van der Waals surface area (Å²) in [5, 5.41) is 0. The summed E-state index contributed by atoms with van der Waals surface area (Å²) in [6, 6.07) is 8.27. The average Bonchev–Trinajstić information content (AvgIpc) is 2.18. The van der Waals surface area contributed by atoms with E-state index in [1.54, 1.807) is 0 Å². The van der Waals surface area contributed by atoms with Gasteiger partial charge in [0.25, 0.3) is 0 Å². The average molecular weight is 219 g/mol. The highest BCUT2D eigenvalue weighted by Crippen LogP contribution is 2.11. The van der Waals surface area contributed by atoms with Crippen LogP contribution in [0.4, 0.5) is 0 Å². The minimum Gasteiger partial charge on any atom is -0.312 e. The number of benzene rings is 1. The molecule has 0 unspecified atom stereocenters. The molecular formula is C13H21N3. The van der Waals surface area contributed by atoms with Crippen LogP contribution in [-0.4, -0.2) is 11.4 Å². The van der Waals surface area contributed by atoms with Crippen molar-refractivity contribution in [3.05, 3.63) is 35.4 Å². The maximum Gasteiger partial charge on any atom is 0.115 e. The molecule has 0 aliphatic heterocycles. The number of hydrazine groups is 1. The van der Waals surface area contributed by atoms with Gasteiger partial charge < -0.3 is 5.43 Å². The van der Waals surface area contributed by atoms with Gasteiger partial charge in [0.15, 0.2) is 0 Å². The van der Waals surface area contributed by atoms with E-state index >= 15 is 0 Å². The Labute approximate surface area is 97.7 Å².